The monoisotopic (exact) mass is 323 g/mol. The smallest absolute Gasteiger partial charge is 0.281 e. The Hall–Kier alpha value is -2.34. The summed E-state index contributed by atoms with van der Waals surface area (Å²) in [6, 6.07) is 9.14. The second kappa shape index (κ2) is 5.97. The number of pyridine rings is 1. The van der Waals surface area contributed by atoms with E-state index in [2.05, 4.69) is 15.1 Å². The van der Waals surface area contributed by atoms with E-state index in [1.807, 2.05) is 6.07 Å². The average Bonchev–Trinajstić information content (AvgIpc) is 2.49. The molecule has 0 spiro atoms. The number of anilines is 2. The van der Waals surface area contributed by atoms with E-state index in [1.165, 1.54) is 30.5 Å². The molecular weight excluding hydrogens is 314 g/mol. The maximum Gasteiger partial charge on any atom is 0.281 e. The van der Waals surface area contributed by atoms with E-state index in [9.17, 15) is 8.42 Å². The van der Waals surface area contributed by atoms with Crippen molar-refractivity contribution in [1.82, 2.24) is 4.98 Å². The lowest BCUT2D eigenvalue weighted by molar-refractivity contribution is 0.598. The molecule has 0 aliphatic heterocycles. The van der Waals surface area contributed by atoms with Gasteiger partial charge in [0.15, 0.2) is 0 Å². The van der Waals surface area contributed by atoms with Gasteiger partial charge in [0.05, 0.1) is 28.0 Å². The molecule has 0 aliphatic rings. The quantitative estimate of drug-likeness (QED) is 0.581. The van der Waals surface area contributed by atoms with Gasteiger partial charge in [-0.2, -0.15) is 13.7 Å². The van der Waals surface area contributed by atoms with Crippen LogP contribution in [0.4, 0.5) is 11.4 Å². The molecule has 9 heteroatoms. The Bertz CT molecular complexity index is 817. The molecular formula is C12H10ClN5O2S. The van der Waals surface area contributed by atoms with Crippen LogP contribution in [0.15, 0.2) is 41.6 Å². The predicted molar refractivity (Wildman–Crippen MR) is 79.0 cm³/mol. The van der Waals surface area contributed by atoms with Crippen LogP contribution in [-0.4, -0.2) is 13.4 Å². The normalized spacial score (nSPS) is 10.7. The maximum atomic E-state index is 12.3. The molecule has 108 valence electrons. The van der Waals surface area contributed by atoms with E-state index in [4.69, 9.17) is 22.7 Å². The standard InChI is InChI=1S/C12H10ClN5O2S/c13-9-6-8(7-14)3-4-10(9)18-21(19,20)12-11(17-15)2-1-5-16-12/h1-6,17-18H,15H2. The van der Waals surface area contributed by atoms with E-state index in [0.29, 0.717) is 5.56 Å². The van der Waals surface area contributed by atoms with E-state index in [1.54, 1.807) is 6.07 Å². The Labute approximate surface area is 126 Å². The molecule has 4 N–H and O–H groups in total. The molecule has 1 heterocycles. The van der Waals surface area contributed by atoms with Crippen LogP contribution in [0.3, 0.4) is 0 Å². The van der Waals surface area contributed by atoms with Crippen molar-refractivity contribution in [2.24, 2.45) is 5.84 Å². The van der Waals surface area contributed by atoms with E-state index >= 15 is 0 Å². The zero-order chi connectivity index (χ0) is 15.5. The molecule has 0 aliphatic carbocycles. The Morgan fingerprint density at radius 3 is 2.67 bits per heavy atom. The molecule has 2 aromatic rings. The fourth-order valence-electron chi connectivity index (χ4n) is 1.58. The molecule has 1 aromatic carbocycles. The molecule has 0 fully saturated rings. The summed E-state index contributed by atoms with van der Waals surface area (Å²) in [4.78, 5) is 3.79. The van der Waals surface area contributed by atoms with Crippen molar-refractivity contribution in [2.45, 2.75) is 5.03 Å². The summed E-state index contributed by atoms with van der Waals surface area (Å²) in [5, 5.41) is 8.60. The Balaban J connectivity index is 2.41. The number of nitrogens with one attached hydrogen (secondary N) is 2. The third-order valence-corrected chi connectivity index (χ3v) is 4.16. The summed E-state index contributed by atoms with van der Waals surface area (Å²) in [6.45, 7) is 0. The van der Waals surface area contributed by atoms with Crippen molar-refractivity contribution in [2.75, 3.05) is 10.1 Å². The molecule has 21 heavy (non-hydrogen) atoms. The largest absolute Gasteiger partial charge is 0.321 e. The number of benzene rings is 1. The zero-order valence-corrected chi connectivity index (χ0v) is 12.1. The summed E-state index contributed by atoms with van der Waals surface area (Å²) in [5.74, 6) is 5.26. The van der Waals surface area contributed by atoms with Gasteiger partial charge in [0, 0.05) is 6.20 Å². The van der Waals surface area contributed by atoms with Gasteiger partial charge in [0.25, 0.3) is 10.0 Å². The van der Waals surface area contributed by atoms with Gasteiger partial charge in [-0.25, -0.2) is 4.98 Å². The highest BCUT2D eigenvalue weighted by Crippen LogP contribution is 2.26. The molecule has 0 saturated carbocycles. The lowest BCUT2D eigenvalue weighted by atomic mass is 10.2. The maximum absolute atomic E-state index is 12.3. The van der Waals surface area contributed by atoms with Crippen molar-refractivity contribution in [3.63, 3.8) is 0 Å². The van der Waals surface area contributed by atoms with Crippen LogP contribution < -0.4 is 16.0 Å². The number of hydrogen-bond acceptors (Lipinski definition) is 6. The number of nitrogens with zero attached hydrogens (tertiary/aromatic N) is 2. The summed E-state index contributed by atoms with van der Waals surface area (Å²) >= 11 is 5.94. The molecule has 0 bridgehead atoms. The highest BCUT2D eigenvalue weighted by Gasteiger charge is 2.21. The number of rotatable bonds is 4. The Kier molecular flexibility index (Phi) is 4.28. The molecule has 0 radical (unpaired) electrons. The highest BCUT2D eigenvalue weighted by molar-refractivity contribution is 7.92. The summed E-state index contributed by atoms with van der Waals surface area (Å²) < 4.78 is 26.9. The van der Waals surface area contributed by atoms with Crippen molar-refractivity contribution in [1.29, 1.82) is 5.26 Å². The van der Waals surface area contributed by atoms with Gasteiger partial charge in [0.2, 0.25) is 5.03 Å². The predicted octanol–water partition coefficient (Wildman–Crippen LogP) is 1.69. The number of nitrogen functional groups attached to an aromatic ring is 1. The Morgan fingerprint density at radius 1 is 1.29 bits per heavy atom. The number of hydrazine groups is 1. The summed E-state index contributed by atoms with van der Waals surface area (Å²) in [6.07, 6.45) is 1.33. The van der Waals surface area contributed by atoms with Gasteiger partial charge >= 0.3 is 0 Å². The first-order valence-corrected chi connectivity index (χ1v) is 7.48. The van der Waals surface area contributed by atoms with Gasteiger partial charge in [-0.15, -0.1) is 0 Å². The molecule has 0 saturated heterocycles. The number of aromatic nitrogens is 1. The van der Waals surface area contributed by atoms with Gasteiger partial charge in [-0.3, -0.25) is 10.6 Å². The van der Waals surface area contributed by atoms with Gasteiger partial charge in [0.1, 0.15) is 0 Å². The first kappa shape index (κ1) is 15.1. The van der Waals surface area contributed by atoms with Gasteiger partial charge in [-0.05, 0) is 30.3 Å². The van der Waals surface area contributed by atoms with Crippen LogP contribution in [-0.2, 0) is 10.0 Å². The topological polar surface area (TPSA) is 121 Å². The number of nitriles is 1. The first-order chi connectivity index (χ1) is 9.97. The van der Waals surface area contributed by atoms with Crippen LogP contribution >= 0.6 is 11.6 Å². The van der Waals surface area contributed by atoms with Gasteiger partial charge < -0.3 is 5.43 Å². The van der Waals surface area contributed by atoms with Crippen LogP contribution in [0.5, 0.6) is 0 Å². The lowest BCUT2D eigenvalue weighted by Crippen LogP contribution is -2.19. The molecule has 2 rings (SSSR count). The van der Waals surface area contributed by atoms with Crippen molar-refractivity contribution < 1.29 is 8.42 Å². The van der Waals surface area contributed by atoms with Crippen molar-refractivity contribution >= 4 is 33.0 Å². The molecule has 0 atom stereocenters. The van der Waals surface area contributed by atoms with Crippen molar-refractivity contribution in [3.8, 4) is 6.07 Å². The number of hydrogen-bond donors (Lipinski definition) is 3. The SMILES string of the molecule is N#Cc1ccc(NS(=O)(=O)c2ncccc2NN)c(Cl)c1. The van der Waals surface area contributed by atoms with Crippen molar-refractivity contribution in [3.05, 3.63) is 47.1 Å². The third kappa shape index (κ3) is 3.22. The van der Waals surface area contributed by atoms with Gasteiger partial charge in [-0.1, -0.05) is 11.6 Å². The van der Waals surface area contributed by atoms with E-state index in [0.717, 1.165) is 0 Å². The number of sulfonamides is 1. The number of nitrogens with two attached hydrogens (primary N) is 1. The minimum absolute atomic E-state index is 0.107. The van der Waals surface area contributed by atoms with Crippen LogP contribution in [0.1, 0.15) is 5.56 Å². The third-order valence-electron chi connectivity index (χ3n) is 2.52. The number of halogens is 1. The molecule has 7 nitrogen and oxygen atoms in total. The fourth-order valence-corrected chi connectivity index (χ4v) is 3.04. The minimum atomic E-state index is -3.97. The second-order valence-corrected chi connectivity index (χ2v) is 5.92. The minimum Gasteiger partial charge on any atom is -0.321 e. The van der Waals surface area contributed by atoms with E-state index in [-0.39, 0.29) is 21.4 Å². The molecule has 1 aromatic heterocycles. The molecule has 0 unspecified atom stereocenters. The summed E-state index contributed by atoms with van der Waals surface area (Å²) in [5.41, 5.74) is 2.88. The van der Waals surface area contributed by atoms with E-state index < -0.39 is 10.0 Å². The van der Waals surface area contributed by atoms with Crippen LogP contribution in [0.25, 0.3) is 0 Å². The molecule has 0 amide bonds. The second-order valence-electron chi connectivity index (χ2n) is 3.91. The zero-order valence-electron chi connectivity index (χ0n) is 10.5. The fraction of sp³-hybridized carbons (Fsp3) is 0. The average molecular weight is 324 g/mol. The first-order valence-electron chi connectivity index (χ1n) is 5.62. The van der Waals surface area contributed by atoms with Crippen LogP contribution in [0, 0.1) is 11.3 Å². The Morgan fingerprint density at radius 2 is 2.05 bits per heavy atom. The van der Waals surface area contributed by atoms with Crippen LogP contribution in [0.2, 0.25) is 5.02 Å². The highest BCUT2D eigenvalue weighted by atomic mass is 35.5. The lowest BCUT2D eigenvalue weighted by Gasteiger charge is -2.11. The summed E-state index contributed by atoms with van der Waals surface area (Å²) in [7, 11) is -3.97.